The Bertz CT molecular complexity index is 655. The van der Waals surface area contributed by atoms with E-state index in [1.165, 1.54) is 7.11 Å². The predicted molar refractivity (Wildman–Crippen MR) is 116 cm³/mol. The second-order valence-electron chi connectivity index (χ2n) is 11.7. The van der Waals surface area contributed by atoms with Crippen molar-refractivity contribution in [3.63, 3.8) is 0 Å². The number of esters is 1. The highest BCUT2D eigenvalue weighted by molar-refractivity contribution is 5.69. The molecule has 0 heterocycles. The number of fused-ring (bicyclic) bond motifs is 5. The number of hydrogen-bond acceptors (Lipinski definition) is 5. The summed E-state index contributed by atoms with van der Waals surface area (Å²) in [5.74, 6) is 2.52. The quantitative estimate of drug-likeness (QED) is 0.604. The number of aliphatic hydroxyl groups is 2. The van der Waals surface area contributed by atoms with Crippen molar-refractivity contribution in [2.45, 2.75) is 96.8 Å². The molecule has 172 valence electrons. The Morgan fingerprint density at radius 2 is 1.87 bits per heavy atom. The summed E-state index contributed by atoms with van der Waals surface area (Å²) < 4.78 is 4.85. The smallest absolute Gasteiger partial charge is 0.305 e. The second-order valence-corrected chi connectivity index (χ2v) is 11.7. The third-order valence-corrected chi connectivity index (χ3v) is 10.6. The Morgan fingerprint density at radius 1 is 1.13 bits per heavy atom. The molecular formula is C25H43NO4. The van der Waals surface area contributed by atoms with Crippen molar-refractivity contribution in [1.29, 1.82) is 0 Å². The van der Waals surface area contributed by atoms with E-state index in [-0.39, 0.29) is 35.0 Å². The summed E-state index contributed by atoms with van der Waals surface area (Å²) in [5.41, 5.74) is 6.95. The molecule has 0 aliphatic heterocycles. The molecule has 0 bridgehead atoms. The topological polar surface area (TPSA) is 92.8 Å². The van der Waals surface area contributed by atoms with Gasteiger partial charge in [0, 0.05) is 12.5 Å². The fourth-order valence-electron chi connectivity index (χ4n) is 8.88. The van der Waals surface area contributed by atoms with Gasteiger partial charge < -0.3 is 20.7 Å². The number of ether oxygens (including phenoxy) is 1. The zero-order valence-electron chi connectivity index (χ0n) is 19.3. The average Bonchev–Trinajstić information content (AvgIpc) is 3.06. The summed E-state index contributed by atoms with van der Waals surface area (Å²) in [6.07, 6.45) is 7.71. The van der Waals surface area contributed by atoms with E-state index in [9.17, 15) is 15.0 Å². The first-order valence-corrected chi connectivity index (χ1v) is 12.3. The summed E-state index contributed by atoms with van der Waals surface area (Å²) in [6.45, 7) is 6.99. The molecule has 4 aliphatic rings. The molecule has 0 aromatic rings. The minimum Gasteiger partial charge on any atom is -0.469 e. The molecule has 0 aromatic carbocycles. The van der Waals surface area contributed by atoms with E-state index in [0.717, 1.165) is 51.4 Å². The summed E-state index contributed by atoms with van der Waals surface area (Å²) >= 11 is 0. The standard InChI is InChI=1S/C25H43NO4/c1-14(5-8-22(29)30-4)17-6-7-18-23-19(13-21(28)25(17,18)3)24(2)10-9-16(27)11-15(24)12-20(23)26/h14-21,23,27-28H,5-13,26H2,1-4H3/t14-,15+,16-,17-,18+,19+,20+,21+,23+,24+,25-/m1/s1. The summed E-state index contributed by atoms with van der Waals surface area (Å²) in [5, 5.41) is 21.8. The number of nitrogens with two attached hydrogens (primary N) is 1. The largest absolute Gasteiger partial charge is 0.469 e. The maximum atomic E-state index is 11.7. The number of aliphatic hydroxyl groups excluding tert-OH is 2. The van der Waals surface area contributed by atoms with Crippen LogP contribution in [0.15, 0.2) is 0 Å². The highest BCUT2D eigenvalue weighted by atomic mass is 16.5. The monoisotopic (exact) mass is 421 g/mol. The van der Waals surface area contributed by atoms with Crippen molar-refractivity contribution in [3.8, 4) is 0 Å². The van der Waals surface area contributed by atoms with Gasteiger partial charge in [-0.15, -0.1) is 0 Å². The van der Waals surface area contributed by atoms with Crippen LogP contribution in [0.1, 0.15) is 78.6 Å². The number of carbonyl (C=O) groups excluding carboxylic acids is 1. The zero-order valence-corrected chi connectivity index (χ0v) is 19.3. The van der Waals surface area contributed by atoms with Crippen LogP contribution < -0.4 is 5.73 Å². The molecule has 4 saturated carbocycles. The van der Waals surface area contributed by atoms with Crippen molar-refractivity contribution in [2.24, 2.45) is 52.1 Å². The molecule has 4 aliphatic carbocycles. The van der Waals surface area contributed by atoms with Crippen molar-refractivity contribution < 1.29 is 19.7 Å². The Balaban J connectivity index is 1.58. The van der Waals surface area contributed by atoms with Crippen LogP contribution in [0.25, 0.3) is 0 Å². The van der Waals surface area contributed by atoms with Crippen LogP contribution in [0.3, 0.4) is 0 Å². The van der Waals surface area contributed by atoms with Gasteiger partial charge >= 0.3 is 5.97 Å². The Hall–Kier alpha value is -0.650. The Kier molecular flexibility index (Phi) is 6.04. The van der Waals surface area contributed by atoms with E-state index in [4.69, 9.17) is 10.5 Å². The highest BCUT2D eigenvalue weighted by Crippen LogP contribution is 2.68. The van der Waals surface area contributed by atoms with Crippen LogP contribution in [0.5, 0.6) is 0 Å². The van der Waals surface area contributed by atoms with Gasteiger partial charge in [0.05, 0.1) is 19.3 Å². The molecule has 4 fully saturated rings. The van der Waals surface area contributed by atoms with Crippen LogP contribution >= 0.6 is 0 Å². The molecule has 0 spiro atoms. The summed E-state index contributed by atoms with van der Waals surface area (Å²) in [6, 6.07) is 0.166. The summed E-state index contributed by atoms with van der Waals surface area (Å²) in [4.78, 5) is 11.7. The number of carbonyl (C=O) groups is 1. The second kappa shape index (κ2) is 8.04. The van der Waals surface area contributed by atoms with E-state index < -0.39 is 0 Å². The molecule has 0 amide bonds. The van der Waals surface area contributed by atoms with E-state index in [1.807, 2.05) is 0 Å². The van der Waals surface area contributed by atoms with Crippen LogP contribution in [-0.2, 0) is 9.53 Å². The number of methoxy groups -OCH3 is 1. The van der Waals surface area contributed by atoms with Gasteiger partial charge in [-0.05, 0) is 97.7 Å². The third-order valence-electron chi connectivity index (χ3n) is 10.6. The van der Waals surface area contributed by atoms with Gasteiger partial charge in [-0.3, -0.25) is 4.79 Å². The minimum absolute atomic E-state index is 0.119. The molecule has 0 unspecified atom stereocenters. The average molecular weight is 422 g/mol. The van der Waals surface area contributed by atoms with Gasteiger partial charge in [0.1, 0.15) is 0 Å². The van der Waals surface area contributed by atoms with Gasteiger partial charge in [-0.25, -0.2) is 0 Å². The molecular weight excluding hydrogens is 378 g/mol. The SMILES string of the molecule is COC(=O)CC[C@@H](C)[C@H]1CC[C@H]2[C@@H]3[C@@H](N)C[C@@H]4C[C@H](O)CC[C@]4(C)[C@H]3C[C@H](O)[C@]12C. The normalized spacial score (nSPS) is 51.4. The maximum Gasteiger partial charge on any atom is 0.305 e. The molecule has 0 aromatic heterocycles. The van der Waals surface area contributed by atoms with Gasteiger partial charge in [-0.1, -0.05) is 20.8 Å². The van der Waals surface area contributed by atoms with Crippen molar-refractivity contribution in [3.05, 3.63) is 0 Å². The molecule has 4 rings (SSSR count). The number of hydrogen-bond donors (Lipinski definition) is 3. The van der Waals surface area contributed by atoms with Crippen LogP contribution in [-0.4, -0.2) is 41.5 Å². The van der Waals surface area contributed by atoms with Crippen LogP contribution in [0.2, 0.25) is 0 Å². The van der Waals surface area contributed by atoms with Crippen molar-refractivity contribution >= 4 is 5.97 Å². The van der Waals surface area contributed by atoms with Crippen molar-refractivity contribution in [1.82, 2.24) is 0 Å². The highest BCUT2D eigenvalue weighted by Gasteiger charge is 2.65. The van der Waals surface area contributed by atoms with E-state index in [0.29, 0.717) is 41.9 Å². The Morgan fingerprint density at radius 3 is 2.57 bits per heavy atom. The maximum absolute atomic E-state index is 11.7. The van der Waals surface area contributed by atoms with Gasteiger partial charge in [0.2, 0.25) is 0 Å². The third kappa shape index (κ3) is 3.34. The minimum atomic E-state index is -0.313. The first-order chi connectivity index (χ1) is 14.1. The first kappa shape index (κ1) is 22.5. The van der Waals surface area contributed by atoms with E-state index >= 15 is 0 Å². The van der Waals surface area contributed by atoms with Crippen molar-refractivity contribution in [2.75, 3.05) is 7.11 Å². The molecule has 30 heavy (non-hydrogen) atoms. The molecule has 5 nitrogen and oxygen atoms in total. The fourth-order valence-corrected chi connectivity index (χ4v) is 8.88. The molecule has 0 saturated heterocycles. The van der Waals surface area contributed by atoms with E-state index in [1.54, 1.807) is 0 Å². The van der Waals surface area contributed by atoms with E-state index in [2.05, 4.69) is 20.8 Å². The molecule has 0 radical (unpaired) electrons. The lowest BCUT2D eigenvalue weighted by Gasteiger charge is -2.64. The van der Waals surface area contributed by atoms with Crippen LogP contribution in [0.4, 0.5) is 0 Å². The molecule has 11 atom stereocenters. The lowest BCUT2D eigenvalue weighted by Crippen LogP contribution is -2.64. The zero-order chi connectivity index (χ0) is 21.8. The fraction of sp³-hybridized carbons (Fsp3) is 0.960. The van der Waals surface area contributed by atoms with Gasteiger partial charge in [0.15, 0.2) is 0 Å². The van der Waals surface area contributed by atoms with Crippen LogP contribution in [0, 0.1) is 46.3 Å². The molecule has 5 heteroatoms. The lowest BCUT2D eigenvalue weighted by atomic mass is 9.42. The lowest BCUT2D eigenvalue weighted by molar-refractivity contribution is -0.180. The predicted octanol–water partition coefficient (Wildman–Crippen LogP) is 3.50. The first-order valence-electron chi connectivity index (χ1n) is 12.3. The molecule has 4 N–H and O–H groups in total. The summed E-state index contributed by atoms with van der Waals surface area (Å²) in [7, 11) is 1.45. The van der Waals surface area contributed by atoms with Gasteiger partial charge in [0.25, 0.3) is 0 Å². The Labute approximate surface area is 182 Å². The number of rotatable bonds is 4. The van der Waals surface area contributed by atoms with Gasteiger partial charge in [-0.2, -0.15) is 0 Å².